The number of aromatic amines is 1. The molecule has 0 bridgehead atoms. The molecule has 0 saturated heterocycles. The number of nitrogens with one attached hydrogen (secondary N) is 1. The standard InChI is InChI=1S/C29H28N4O2/c1-18(2)33-26-7-5-4-6-22(26)16-27(33)29(34)32-12-13-35-28-11-9-20(14-23(28)17-32)21-8-10-24-25(15-21)31-19(3)30-24/h4-11,14-16,18H,12-13,17H2,1-3H3,(H,30,31). The van der Waals surface area contributed by atoms with Crippen molar-refractivity contribution in [2.45, 2.75) is 33.4 Å². The summed E-state index contributed by atoms with van der Waals surface area (Å²) in [5.41, 5.74) is 7.00. The van der Waals surface area contributed by atoms with Crippen LogP contribution < -0.4 is 4.74 Å². The Hall–Kier alpha value is -4.06. The van der Waals surface area contributed by atoms with Gasteiger partial charge in [0.15, 0.2) is 0 Å². The van der Waals surface area contributed by atoms with Crippen LogP contribution >= 0.6 is 0 Å². The van der Waals surface area contributed by atoms with Gasteiger partial charge in [0.1, 0.15) is 23.9 Å². The molecule has 35 heavy (non-hydrogen) atoms. The van der Waals surface area contributed by atoms with Gasteiger partial charge in [-0.2, -0.15) is 0 Å². The van der Waals surface area contributed by atoms with E-state index in [9.17, 15) is 4.79 Å². The molecule has 0 saturated carbocycles. The van der Waals surface area contributed by atoms with E-state index in [2.05, 4.69) is 64.8 Å². The van der Waals surface area contributed by atoms with E-state index < -0.39 is 0 Å². The lowest BCUT2D eigenvalue weighted by Gasteiger charge is -2.22. The van der Waals surface area contributed by atoms with Gasteiger partial charge in [-0.3, -0.25) is 4.79 Å². The number of carbonyl (C=O) groups excluding carboxylic acids is 1. The normalized spacial score (nSPS) is 13.8. The number of ether oxygens (including phenoxy) is 1. The zero-order chi connectivity index (χ0) is 24.1. The van der Waals surface area contributed by atoms with Crippen molar-refractivity contribution >= 4 is 27.8 Å². The third-order valence-electron chi connectivity index (χ3n) is 6.74. The summed E-state index contributed by atoms with van der Waals surface area (Å²) >= 11 is 0. The first-order valence-electron chi connectivity index (χ1n) is 12.1. The van der Waals surface area contributed by atoms with E-state index in [-0.39, 0.29) is 11.9 Å². The number of hydrogen-bond acceptors (Lipinski definition) is 3. The van der Waals surface area contributed by atoms with Gasteiger partial charge in [0.2, 0.25) is 0 Å². The molecular weight excluding hydrogens is 436 g/mol. The lowest BCUT2D eigenvalue weighted by atomic mass is 10.0. The molecular formula is C29H28N4O2. The highest BCUT2D eigenvalue weighted by Gasteiger charge is 2.25. The summed E-state index contributed by atoms with van der Waals surface area (Å²) in [6, 6.07) is 22.9. The Morgan fingerprint density at radius 1 is 1.03 bits per heavy atom. The molecule has 2 aromatic heterocycles. The third-order valence-corrected chi connectivity index (χ3v) is 6.74. The molecule has 3 heterocycles. The van der Waals surface area contributed by atoms with Gasteiger partial charge in [0, 0.05) is 29.1 Å². The van der Waals surface area contributed by atoms with Gasteiger partial charge in [-0.1, -0.05) is 30.3 Å². The molecule has 176 valence electrons. The molecule has 0 radical (unpaired) electrons. The van der Waals surface area contributed by atoms with Gasteiger partial charge in [0.05, 0.1) is 17.6 Å². The number of hydrogen-bond donors (Lipinski definition) is 1. The van der Waals surface area contributed by atoms with Crippen molar-refractivity contribution in [3.8, 4) is 16.9 Å². The Balaban J connectivity index is 1.35. The van der Waals surface area contributed by atoms with E-state index >= 15 is 0 Å². The maximum atomic E-state index is 13.8. The third kappa shape index (κ3) is 3.75. The number of benzene rings is 3. The number of aryl methyl sites for hydroxylation is 1. The van der Waals surface area contributed by atoms with E-state index in [4.69, 9.17) is 4.74 Å². The Kier molecular flexibility index (Phi) is 5.10. The molecule has 0 atom stereocenters. The second kappa shape index (κ2) is 8.31. The molecule has 6 nitrogen and oxygen atoms in total. The number of imidazole rings is 1. The van der Waals surface area contributed by atoms with Gasteiger partial charge in [-0.15, -0.1) is 0 Å². The minimum absolute atomic E-state index is 0.0334. The van der Waals surface area contributed by atoms with Crippen molar-refractivity contribution in [2.75, 3.05) is 13.2 Å². The molecule has 1 aliphatic heterocycles. The van der Waals surface area contributed by atoms with Crippen LogP contribution in [0.5, 0.6) is 5.75 Å². The summed E-state index contributed by atoms with van der Waals surface area (Å²) in [6.07, 6.45) is 0. The number of amides is 1. The first kappa shape index (κ1) is 21.5. The highest BCUT2D eigenvalue weighted by molar-refractivity contribution is 5.99. The Labute approximate surface area is 204 Å². The summed E-state index contributed by atoms with van der Waals surface area (Å²) in [4.78, 5) is 23.5. The molecule has 0 spiro atoms. The predicted octanol–water partition coefficient (Wildman–Crippen LogP) is 6.11. The van der Waals surface area contributed by atoms with Crippen molar-refractivity contribution in [1.82, 2.24) is 19.4 Å². The van der Waals surface area contributed by atoms with E-state index in [1.807, 2.05) is 42.2 Å². The van der Waals surface area contributed by atoms with Crippen molar-refractivity contribution in [3.63, 3.8) is 0 Å². The molecule has 0 aliphatic carbocycles. The van der Waals surface area contributed by atoms with Crippen molar-refractivity contribution in [2.24, 2.45) is 0 Å². The van der Waals surface area contributed by atoms with E-state index in [1.165, 1.54) is 0 Å². The van der Waals surface area contributed by atoms with Crippen LogP contribution in [0.4, 0.5) is 0 Å². The summed E-state index contributed by atoms with van der Waals surface area (Å²) in [5, 5.41) is 1.09. The molecule has 5 aromatic rings. The molecule has 6 heteroatoms. The summed E-state index contributed by atoms with van der Waals surface area (Å²) in [7, 11) is 0. The number of rotatable bonds is 3. The lowest BCUT2D eigenvalue weighted by molar-refractivity contribution is 0.0721. The molecule has 0 fully saturated rings. The average molecular weight is 465 g/mol. The van der Waals surface area contributed by atoms with E-state index in [1.54, 1.807) is 0 Å². The molecule has 1 N–H and O–H groups in total. The quantitative estimate of drug-likeness (QED) is 0.350. The number of H-pyrrole nitrogens is 1. The topological polar surface area (TPSA) is 63.1 Å². The van der Waals surface area contributed by atoms with Gasteiger partial charge < -0.3 is 19.2 Å². The van der Waals surface area contributed by atoms with Crippen LogP contribution in [0, 0.1) is 6.92 Å². The Morgan fingerprint density at radius 2 is 1.83 bits per heavy atom. The zero-order valence-corrected chi connectivity index (χ0v) is 20.2. The van der Waals surface area contributed by atoms with Crippen molar-refractivity contribution in [1.29, 1.82) is 0 Å². The number of para-hydroxylation sites is 1. The highest BCUT2D eigenvalue weighted by atomic mass is 16.5. The number of carbonyl (C=O) groups is 1. The Bertz CT molecular complexity index is 1580. The maximum Gasteiger partial charge on any atom is 0.270 e. The summed E-state index contributed by atoms with van der Waals surface area (Å²) in [6.45, 7) is 7.72. The van der Waals surface area contributed by atoms with Crippen LogP contribution in [0.1, 0.15) is 41.8 Å². The van der Waals surface area contributed by atoms with Gasteiger partial charge in [-0.05, 0) is 68.3 Å². The van der Waals surface area contributed by atoms with Crippen LogP contribution in [0.2, 0.25) is 0 Å². The minimum Gasteiger partial charge on any atom is -0.491 e. The van der Waals surface area contributed by atoms with Crippen LogP contribution in [0.25, 0.3) is 33.1 Å². The van der Waals surface area contributed by atoms with Gasteiger partial charge in [0.25, 0.3) is 5.91 Å². The minimum atomic E-state index is 0.0334. The highest BCUT2D eigenvalue weighted by Crippen LogP contribution is 2.32. The molecule has 6 rings (SSSR count). The summed E-state index contributed by atoms with van der Waals surface area (Å²) < 4.78 is 8.19. The van der Waals surface area contributed by atoms with Crippen molar-refractivity contribution < 1.29 is 9.53 Å². The van der Waals surface area contributed by atoms with E-state index in [0.717, 1.165) is 55.9 Å². The maximum absolute atomic E-state index is 13.8. The second-order valence-electron chi connectivity index (χ2n) is 9.50. The SMILES string of the molecule is Cc1nc2ccc(-c3ccc4c(c3)CN(C(=O)c3cc5ccccc5n3C(C)C)CCO4)cc2[nH]1. The van der Waals surface area contributed by atoms with Crippen LogP contribution in [-0.2, 0) is 6.54 Å². The lowest BCUT2D eigenvalue weighted by Crippen LogP contribution is -2.34. The van der Waals surface area contributed by atoms with Crippen LogP contribution in [-0.4, -0.2) is 38.5 Å². The fraction of sp³-hybridized carbons (Fsp3) is 0.241. The molecule has 1 amide bonds. The smallest absolute Gasteiger partial charge is 0.270 e. The number of nitrogens with zero attached hydrogens (tertiary/aromatic N) is 3. The molecule has 0 unspecified atom stereocenters. The van der Waals surface area contributed by atoms with Crippen molar-refractivity contribution in [3.05, 3.63) is 83.8 Å². The zero-order valence-electron chi connectivity index (χ0n) is 20.2. The first-order chi connectivity index (χ1) is 17.0. The molecule has 1 aliphatic rings. The monoisotopic (exact) mass is 464 g/mol. The fourth-order valence-electron chi connectivity index (χ4n) is 5.12. The molecule has 3 aromatic carbocycles. The van der Waals surface area contributed by atoms with Gasteiger partial charge >= 0.3 is 0 Å². The number of fused-ring (bicyclic) bond motifs is 3. The van der Waals surface area contributed by atoms with E-state index in [0.29, 0.717) is 19.7 Å². The van der Waals surface area contributed by atoms with Crippen LogP contribution in [0.15, 0.2) is 66.7 Å². The van der Waals surface area contributed by atoms with Crippen LogP contribution in [0.3, 0.4) is 0 Å². The fourth-order valence-corrected chi connectivity index (χ4v) is 5.12. The summed E-state index contributed by atoms with van der Waals surface area (Å²) in [5.74, 6) is 1.78. The number of aromatic nitrogens is 3. The first-order valence-corrected chi connectivity index (χ1v) is 12.1. The average Bonchev–Trinajstić information content (AvgIpc) is 3.35. The largest absolute Gasteiger partial charge is 0.491 e. The second-order valence-corrected chi connectivity index (χ2v) is 9.50. The Morgan fingerprint density at radius 3 is 2.69 bits per heavy atom. The van der Waals surface area contributed by atoms with Gasteiger partial charge in [-0.25, -0.2) is 4.98 Å². The predicted molar refractivity (Wildman–Crippen MR) is 139 cm³/mol.